The summed E-state index contributed by atoms with van der Waals surface area (Å²) in [6.45, 7) is 4.14. The number of fused-ring (bicyclic) bond motifs is 10. The van der Waals surface area contributed by atoms with Crippen LogP contribution in [0.3, 0.4) is 0 Å². The summed E-state index contributed by atoms with van der Waals surface area (Å²) in [7, 11) is 0. The van der Waals surface area contributed by atoms with Crippen LogP contribution >= 0.6 is 0 Å². The van der Waals surface area contributed by atoms with Crippen LogP contribution in [-0.4, -0.2) is 21.1 Å². The van der Waals surface area contributed by atoms with Crippen LogP contribution in [0, 0.1) is 10.7 Å². The molecule has 0 amide bonds. The Bertz CT molecular complexity index is 4240. The van der Waals surface area contributed by atoms with Crippen molar-refractivity contribution in [2.45, 2.75) is 33.0 Å². The topological polar surface area (TPSA) is 38.5 Å². The number of hydrogen-bond acceptors (Lipinski definition) is 4. The number of rotatable bonds is 7. The van der Waals surface area contributed by atoms with Crippen LogP contribution in [0.4, 0.5) is 22.9 Å². The van der Waals surface area contributed by atoms with Crippen LogP contribution in [0.1, 0.15) is 36.0 Å². The minimum atomic E-state index is -2.41. The van der Waals surface area contributed by atoms with Gasteiger partial charge in [0.15, 0.2) is 0 Å². The number of pyridine rings is 1. The van der Waals surface area contributed by atoms with Crippen molar-refractivity contribution in [1.82, 2.24) is 14.1 Å². The zero-order valence-electron chi connectivity index (χ0n) is 43.3. The molecule has 0 radical (unpaired) electrons. The monoisotopic (exact) mass is 1120 g/mol. The number of aryl methyl sites for hydroxylation is 1. The maximum absolute atomic E-state index is 8.75. The molecule has 0 saturated heterocycles. The van der Waals surface area contributed by atoms with Crippen molar-refractivity contribution in [2.24, 2.45) is 0 Å². The van der Waals surface area contributed by atoms with E-state index in [1.165, 1.54) is 22.2 Å². The van der Waals surface area contributed by atoms with Gasteiger partial charge >= 0.3 is 372 Å². The van der Waals surface area contributed by atoms with Gasteiger partial charge in [-0.3, -0.25) is 0 Å². The van der Waals surface area contributed by atoms with Crippen LogP contribution in [0.5, 0.6) is 11.6 Å². The number of hydrogen-bond donors (Lipinski definition) is 0. The summed E-state index contributed by atoms with van der Waals surface area (Å²) in [6.07, 6.45) is 0. The summed E-state index contributed by atoms with van der Waals surface area (Å²) in [6, 6.07) is 75.9. The maximum atomic E-state index is 8.75. The molecule has 352 valence electrons. The van der Waals surface area contributed by atoms with Crippen molar-refractivity contribution in [3.05, 3.63) is 233 Å². The predicted molar refractivity (Wildman–Crippen MR) is 297 cm³/mol. The van der Waals surface area contributed by atoms with Gasteiger partial charge in [0.25, 0.3) is 0 Å². The normalized spacial score (nSPS) is 13.7. The second-order valence-corrected chi connectivity index (χ2v) is 21.1. The Morgan fingerprint density at radius 3 is 1.79 bits per heavy atom. The molecule has 5 heterocycles. The van der Waals surface area contributed by atoms with Crippen LogP contribution < -0.4 is 19.8 Å². The fraction of sp³-hybridized carbons (Fsp3) is 0.0769. The van der Waals surface area contributed by atoms with Gasteiger partial charge in [0, 0.05) is 11.3 Å². The Kier molecular flexibility index (Phi) is 9.21. The fourth-order valence-electron chi connectivity index (χ4n) is 11.5. The molecular formula is C65H48BN5OPt. The van der Waals surface area contributed by atoms with Crippen LogP contribution in [0.15, 0.2) is 218 Å². The Morgan fingerprint density at radius 2 is 1.07 bits per heavy atom. The summed E-state index contributed by atoms with van der Waals surface area (Å²) in [5.41, 5.74) is 19.9. The zero-order valence-corrected chi connectivity index (χ0v) is 42.6. The summed E-state index contributed by atoms with van der Waals surface area (Å²) in [4.78, 5) is 10.4. The molecule has 8 heteroatoms. The third kappa shape index (κ3) is 6.75. The average molecular weight is 1120 g/mol. The standard InChI is InChI=1S/C65H48BN5O.Pt/c1-42-19-8-9-24-48(42)55-40-54-53-29-18-28-52-51-25-10-11-30-56(51)70-59-33-14-15-34-60(59)71(66(70)61(52)53)63(54)67-64(55)72-47-23-16-22-46(39-47)68-41-69(58-32-13-12-31-57(58)68)62-49(43-20-6-5-7-21-43)26-17-27-50(62)44-35-37-45(38-36-44)65(2,3)4;/h5-40H,1-4H3;/i1D3;. The number of ether oxygens (including phenoxy) is 1. The predicted octanol–water partition coefficient (Wildman–Crippen LogP) is 15.9. The molecule has 0 spiro atoms. The van der Waals surface area contributed by atoms with Gasteiger partial charge in [-0.1, -0.05) is 42.5 Å². The number of para-hydroxylation sites is 6. The fourth-order valence-corrected chi connectivity index (χ4v) is 12.6. The van der Waals surface area contributed by atoms with E-state index in [4.69, 9.17) is 13.8 Å². The van der Waals surface area contributed by atoms with Crippen molar-refractivity contribution < 1.29 is 28.2 Å². The molecule has 0 saturated carbocycles. The number of nitrogens with zero attached hydrogens (tertiary/aromatic N) is 5. The molecule has 2 aromatic heterocycles. The van der Waals surface area contributed by atoms with Crippen LogP contribution in [0.2, 0.25) is 0 Å². The zero-order chi connectivity index (χ0) is 51.6. The van der Waals surface area contributed by atoms with Gasteiger partial charge in [-0.2, -0.15) is 0 Å². The first-order chi connectivity index (χ1) is 36.9. The molecule has 0 N–H and O–H groups in total. The summed E-state index contributed by atoms with van der Waals surface area (Å²) in [5.74, 6) is 1.59. The number of aromatic nitrogens is 3. The summed E-state index contributed by atoms with van der Waals surface area (Å²) >= 11 is 2.48. The van der Waals surface area contributed by atoms with E-state index in [-0.39, 0.29) is 18.0 Å². The van der Waals surface area contributed by atoms with E-state index >= 15 is 0 Å². The molecule has 73 heavy (non-hydrogen) atoms. The molecule has 3 aliphatic heterocycles. The molecular weight excluding hydrogens is 1070 g/mol. The molecule has 9 aromatic carbocycles. The molecule has 3 aliphatic rings. The van der Waals surface area contributed by atoms with Gasteiger partial charge in [0.05, 0.1) is 0 Å². The third-order valence-electron chi connectivity index (χ3n) is 14.8. The van der Waals surface area contributed by atoms with Gasteiger partial charge in [0.1, 0.15) is 0 Å². The first-order valence-corrected chi connectivity index (χ1v) is 25.9. The number of benzene rings is 9. The van der Waals surface area contributed by atoms with E-state index in [2.05, 4.69) is 241 Å². The molecule has 11 aromatic rings. The third-order valence-corrected chi connectivity index (χ3v) is 15.8. The van der Waals surface area contributed by atoms with E-state index < -0.39 is 6.85 Å². The van der Waals surface area contributed by atoms with Gasteiger partial charge in [-0.25, -0.2) is 0 Å². The average Bonchev–Trinajstić information content (AvgIpc) is 4.17. The number of anilines is 4. The van der Waals surface area contributed by atoms with E-state index in [0.29, 0.717) is 22.8 Å². The van der Waals surface area contributed by atoms with Crippen molar-refractivity contribution in [2.75, 3.05) is 9.62 Å². The van der Waals surface area contributed by atoms with Gasteiger partial charge in [0.2, 0.25) is 0 Å². The Hall–Kier alpha value is -8.25. The molecule has 0 unspecified atom stereocenters. The van der Waals surface area contributed by atoms with E-state index in [1.807, 2.05) is 24.3 Å². The SMILES string of the molecule is [2H]C([2H])([2H])c1ccccc1-c1cc2c(nc1Oc1cccc(-n3[c](=[Pt])n(-c4c(-c5ccccc5)cccc4-c4ccc(C(C)(C)C)cc4)c4ccccc43)c1)N1B3c4c(cccc4-2)-c2ccccc2N3c2ccccc21. The second kappa shape index (κ2) is 16.7. The van der Waals surface area contributed by atoms with Gasteiger partial charge < -0.3 is 0 Å². The second-order valence-electron chi connectivity index (χ2n) is 20.0. The quantitative estimate of drug-likeness (QED) is 0.149. The molecule has 0 atom stereocenters. The molecule has 0 bridgehead atoms. The van der Waals surface area contributed by atoms with Crippen molar-refractivity contribution in [3.63, 3.8) is 0 Å². The Morgan fingerprint density at radius 1 is 0.493 bits per heavy atom. The number of imidazole rings is 1. The molecule has 0 aliphatic carbocycles. The first kappa shape index (κ1) is 40.4. The Balaban J connectivity index is 0.960. The molecule has 6 nitrogen and oxygen atoms in total. The van der Waals surface area contributed by atoms with Crippen molar-refractivity contribution in [1.29, 1.82) is 0 Å². The molecule has 14 rings (SSSR count). The molecule has 0 fully saturated rings. The van der Waals surface area contributed by atoms with Crippen LogP contribution in [0.25, 0.3) is 78.0 Å². The van der Waals surface area contributed by atoms with Crippen molar-refractivity contribution in [3.8, 4) is 78.6 Å². The van der Waals surface area contributed by atoms with E-state index in [0.717, 1.165) is 82.5 Å². The summed E-state index contributed by atoms with van der Waals surface area (Å²) < 4.78 is 39.1. The Labute approximate surface area is 440 Å². The van der Waals surface area contributed by atoms with Crippen molar-refractivity contribution >= 4 is 46.4 Å². The summed E-state index contributed by atoms with van der Waals surface area (Å²) in [5, 5.41) is 0. The van der Waals surface area contributed by atoms with Gasteiger partial charge in [-0.15, -0.1) is 0 Å². The van der Waals surface area contributed by atoms with Gasteiger partial charge in [-0.05, 0) is 17.7 Å². The first-order valence-electron chi connectivity index (χ1n) is 26.2. The van der Waals surface area contributed by atoms with E-state index in [9.17, 15) is 0 Å². The van der Waals surface area contributed by atoms with E-state index in [1.54, 1.807) is 12.1 Å². The van der Waals surface area contributed by atoms with Crippen LogP contribution in [-0.2, 0) is 24.8 Å². The minimum absolute atomic E-state index is 0.0181.